The Bertz CT molecular complexity index is 379. The van der Waals surface area contributed by atoms with Crippen molar-refractivity contribution in [2.45, 2.75) is 51.9 Å². The zero-order valence-corrected chi connectivity index (χ0v) is 13.0. The van der Waals surface area contributed by atoms with Crippen molar-refractivity contribution in [2.24, 2.45) is 0 Å². The molecule has 1 fully saturated rings. The molecule has 1 aromatic heterocycles. The number of nitrogens with one attached hydrogen (secondary N) is 1. The van der Waals surface area contributed by atoms with Crippen LogP contribution >= 0.6 is 27.3 Å². The molecule has 0 amide bonds. The molecular formula is C13H20BrNOS. The van der Waals surface area contributed by atoms with E-state index in [2.05, 4.69) is 48.1 Å². The number of likely N-dealkylation sites (N-methyl/N-ethyl adjacent to an activating group) is 1. The lowest BCUT2D eigenvalue weighted by Crippen LogP contribution is -2.31. The van der Waals surface area contributed by atoms with Crippen molar-refractivity contribution in [3.05, 3.63) is 20.3 Å². The van der Waals surface area contributed by atoms with Gasteiger partial charge in [-0.1, -0.05) is 6.92 Å². The van der Waals surface area contributed by atoms with Gasteiger partial charge in [0.1, 0.15) is 0 Å². The molecule has 2 nitrogen and oxygen atoms in total. The van der Waals surface area contributed by atoms with Gasteiger partial charge in [-0.25, -0.2) is 0 Å². The van der Waals surface area contributed by atoms with Gasteiger partial charge < -0.3 is 10.1 Å². The third kappa shape index (κ3) is 3.11. The van der Waals surface area contributed by atoms with Crippen LogP contribution in [0.15, 0.2) is 10.5 Å². The van der Waals surface area contributed by atoms with Crippen LogP contribution in [0.1, 0.15) is 42.5 Å². The van der Waals surface area contributed by atoms with E-state index in [9.17, 15) is 0 Å². The highest BCUT2D eigenvalue weighted by atomic mass is 79.9. The number of thiophene rings is 1. The van der Waals surface area contributed by atoms with Crippen LogP contribution in [0, 0.1) is 6.92 Å². The number of hydrogen-bond acceptors (Lipinski definition) is 3. The van der Waals surface area contributed by atoms with Crippen molar-refractivity contribution in [1.29, 1.82) is 0 Å². The van der Waals surface area contributed by atoms with E-state index in [1.807, 2.05) is 11.3 Å². The third-order valence-electron chi connectivity index (χ3n) is 3.18. The highest BCUT2D eigenvalue weighted by Gasteiger charge is 2.32. The van der Waals surface area contributed by atoms with E-state index < -0.39 is 0 Å². The summed E-state index contributed by atoms with van der Waals surface area (Å²) in [4.78, 5) is 2.73. The summed E-state index contributed by atoms with van der Waals surface area (Å²) in [5.74, 6) is 0. The van der Waals surface area contributed by atoms with Gasteiger partial charge in [-0.2, -0.15) is 0 Å². The van der Waals surface area contributed by atoms with Crippen molar-refractivity contribution < 1.29 is 4.74 Å². The van der Waals surface area contributed by atoms with Gasteiger partial charge in [-0.05, 0) is 55.2 Å². The first-order valence-electron chi connectivity index (χ1n) is 6.26. The smallest absolute Gasteiger partial charge is 0.0782 e. The summed E-state index contributed by atoms with van der Waals surface area (Å²) < 4.78 is 7.23. The van der Waals surface area contributed by atoms with Crippen molar-refractivity contribution in [1.82, 2.24) is 5.32 Å². The number of ether oxygens (including phenoxy) is 1. The lowest BCUT2D eigenvalue weighted by molar-refractivity contribution is 0.0326. The Morgan fingerprint density at radius 2 is 2.35 bits per heavy atom. The predicted octanol–water partition coefficient (Wildman–Crippen LogP) is 4.04. The first-order valence-corrected chi connectivity index (χ1v) is 7.87. The molecule has 0 aromatic carbocycles. The second kappa shape index (κ2) is 5.83. The van der Waals surface area contributed by atoms with Gasteiger partial charge in [-0.3, -0.25) is 0 Å². The fourth-order valence-corrected chi connectivity index (χ4v) is 4.43. The molecule has 96 valence electrons. The average molecular weight is 318 g/mol. The Kier molecular flexibility index (Phi) is 4.64. The van der Waals surface area contributed by atoms with Gasteiger partial charge in [0.05, 0.1) is 18.2 Å². The molecule has 4 heteroatoms. The molecule has 1 saturated heterocycles. The van der Waals surface area contributed by atoms with Crippen LogP contribution in [0.5, 0.6) is 0 Å². The maximum absolute atomic E-state index is 6.02. The number of aryl methyl sites for hydroxylation is 1. The molecule has 3 unspecified atom stereocenters. The van der Waals surface area contributed by atoms with Crippen LogP contribution in [-0.2, 0) is 4.74 Å². The summed E-state index contributed by atoms with van der Waals surface area (Å²) in [7, 11) is 0. The van der Waals surface area contributed by atoms with Crippen molar-refractivity contribution in [2.75, 3.05) is 6.54 Å². The van der Waals surface area contributed by atoms with Crippen molar-refractivity contribution in [3.8, 4) is 0 Å². The Labute approximate surface area is 116 Å². The summed E-state index contributed by atoms with van der Waals surface area (Å²) in [6.07, 6.45) is 3.05. The molecule has 0 bridgehead atoms. The van der Waals surface area contributed by atoms with Gasteiger partial charge in [-0.15, -0.1) is 11.3 Å². The minimum absolute atomic E-state index is 0.319. The Morgan fingerprint density at radius 3 is 2.82 bits per heavy atom. The molecular weight excluding hydrogens is 298 g/mol. The molecule has 1 N–H and O–H groups in total. The second-order valence-electron chi connectivity index (χ2n) is 4.67. The van der Waals surface area contributed by atoms with Gasteiger partial charge in [0, 0.05) is 14.2 Å². The predicted molar refractivity (Wildman–Crippen MR) is 76.7 cm³/mol. The van der Waals surface area contributed by atoms with Gasteiger partial charge >= 0.3 is 0 Å². The van der Waals surface area contributed by atoms with E-state index in [0.29, 0.717) is 18.2 Å². The SMILES string of the molecule is CCNC(c1sc(C)cc1Br)C1CCC(C)O1. The highest BCUT2D eigenvalue weighted by molar-refractivity contribution is 9.10. The summed E-state index contributed by atoms with van der Waals surface area (Å²) in [6, 6.07) is 2.53. The molecule has 1 aliphatic heterocycles. The van der Waals surface area contributed by atoms with Crippen LogP contribution in [-0.4, -0.2) is 18.8 Å². The van der Waals surface area contributed by atoms with Crippen LogP contribution in [0.25, 0.3) is 0 Å². The summed E-state index contributed by atoms with van der Waals surface area (Å²) in [6.45, 7) is 7.44. The fraction of sp³-hybridized carbons (Fsp3) is 0.692. The zero-order chi connectivity index (χ0) is 12.4. The first kappa shape index (κ1) is 13.5. The molecule has 1 aliphatic rings. The van der Waals surface area contributed by atoms with E-state index in [1.54, 1.807) is 0 Å². The standard InChI is InChI=1S/C13H20BrNOS/c1-4-15-12(11-6-5-8(2)16-11)13-10(14)7-9(3)17-13/h7-8,11-12,15H,4-6H2,1-3H3. The average Bonchev–Trinajstić information content (AvgIpc) is 2.82. The lowest BCUT2D eigenvalue weighted by atomic mass is 10.1. The Hall–Kier alpha value is 0.1000. The largest absolute Gasteiger partial charge is 0.373 e. The molecule has 1 aromatic rings. The number of rotatable bonds is 4. The molecule has 2 rings (SSSR count). The summed E-state index contributed by atoms with van der Waals surface area (Å²) in [5, 5.41) is 3.57. The zero-order valence-electron chi connectivity index (χ0n) is 10.6. The Morgan fingerprint density at radius 1 is 1.59 bits per heavy atom. The molecule has 0 radical (unpaired) electrons. The van der Waals surface area contributed by atoms with Crippen LogP contribution in [0.3, 0.4) is 0 Å². The third-order valence-corrected chi connectivity index (χ3v) is 5.23. The second-order valence-corrected chi connectivity index (χ2v) is 6.81. The fourth-order valence-electron chi connectivity index (χ4n) is 2.40. The quantitative estimate of drug-likeness (QED) is 0.905. The first-order chi connectivity index (χ1) is 8.11. The van der Waals surface area contributed by atoms with Crippen LogP contribution < -0.4 is 5.32 Å². The minimum atomic E-state index is 0.319. The molecule has 0 saturated carbocycles. The van der Waals surface area contributed by atoms with Gasteiger partial charge in [0.15, 0.2) is 0 Å². The normalized spacial score (nSPS) is 26.4. The van der Waals surface area contributed by atoms with Gasteiger partial charge in [0.2, 0.25) is 0 Å². The minimum Gasteiger partial charge on any atom is -0.373 e. The molecule has 3 atom stereocenters. The molecule has 0 aliphatic carbocycles. The van der Waals surface area contributed by atoms with Crippen molar-refractivity contribution in [3.63, 3.8) is 0 Å². The van der Waals surface area contributed by atoms with Gasteiger partial charge in [0.25, 0.3) is 0 Å². The van der Waals surface area contributed by atoms with Crippen LogP contribution in [0.4, 0.5) is 0 Å². The van der Waals surface area contributed by atoms with E-state index in [4.69, 9.17) is 4.74 Å². The number of hydrogen-bond donors (Lipinski definition) is 1. The molecule has 17 heavy (non-hydrogen) atoms. The lowest BCUT2D eigenvalue weighted by Gasteiger charge is -2.24. The van der Waals surface area contributed by atoms with E-state index in [0.717, 1.165) is 13.0 Å². The monoisotopic (exact) mass is 317 g/mol. The number of halogens is 1. The van der Waals surface area contributed by atoms with E-state index in [-0.39, 0.29) is 0 Å². The van der Waals surface area contributed by atoms with E-state index in [1.165, 1.54) is 20.6 Å². The molecule has 2 heterocycles. The highest BCUT2D eigenvalue weighted by Crippen LogP contribution is 2.38. The maximum Gasteiger partial charge on any atom is 0.0782 e. The summed E-state index contributed by atoms with van der Waals surface area (Å²) in [5.41, 5.74) is 0. The van der Waals surface area contributed by atoms with Crippen LogP contribution in [0.2, 0.25) is 0 Å². The topological polar surface area (TPSA) is 21.3 Å². The van der Waals surface area contributed by atoms with Crippen molar-refractivity contribution >= 4 is 27.3 Å². The van der Waals surface area contributed by atoms with E-state index >= 15 is 0 Å². The Balaban J connectivity index is 2.19. The maximum atomic E-state index is 6.02. The molecule has 0 spiro atoms. The summed E-state index contributed by atoms with van der Waals surface area (Å²) >= 11 is 5.53.